The first-order valence-corrected chi connectivity index (χ1v) is 7.78. The van der Waals surface area contributed by atoms with Crippen LogP contribution in [0.4, 0.5) is 0 Å². The number of halogens is 1. The van der Waals surface area contributed by atoms with Crippen molar-refractivity contribution in [1.82, 2.24) is 20.0 Å². The van der Waals surface area contributed by atoms with E-state index < -0.39 is 0 Å². The maximum absolute atomic E-state index is 6.41. The van der Waals surface area contributed by atoms with Crippen molar-refractivity contribution in [2.75, 3.05) is 27.2 Å². The zero-order chi connectivity index (χ0) is 15.3. The van der Waals surface area contributed by atoms with Crippen LogP contribution in [0.3, 0.4) is 0 Å². The molecule has 0 aliphatic carbocycles. The molecule has 116 valence electrons. The molecule has 0 aromatic carbocycles. The summed E-state index contributed by atoms with van der Waals surface area (Å²) in [6, 6.07) is 0. The molecule has 0 unspecified atom stereocenters. The topological polar surface area (TPSA) is 33.1 Å². The Bertz CT molecular complexity index is 424. The van der Waals surface area contributed by atoms with Gasteiger partial charge in [-0.25, -0.2) is 0 Å². The van der Waals surface area contributed by atoms with Gasteiger partial charge in [0.2, 0.25) is 0 Å². The van der Waals surface area contributed by atoms with Crippen molar-refractivity contribution < 1.29 is 0 Å². The molecule has 0 saturated heterocycles. The van der Waals surface area contributed by atoms with Crippen molar-refractivity contribution in [3.8, 4) is 0 Å². The smallest absolute Gasteiger partial charge is 0.0863 e. The van der Waals surface area contributed by atoms with E-state index in [-0.39, 0.29) is 5.41 Å². The van der Waals surface area contributed by atoms with Gasteiger partial charge in [0.05, 0.1) is 16.4 Å². The summed E-state index contributed by atoms with van der Waals surface area (Å²) in [7, 11) is 4.22. The average molecular weight is 301 g/mol. The zero-order valence-corrected chi connectivity index (χ0v) is 14.5. The van der Waals surface area contributed by atoms with Crippen LogP contribution in [0.15, 0.2) is 0 Å². The molecule has 1 rings (SSSR count). The maximum atomic E-state index is 6.41. The van der Waals surface area contributed by atoms with E-state index in [2.05, 4.69) is 57.1 Å². The molecule has 0 saturated carbocycles. The minimum atomic E-state index is 0.237. The quantitative estimate of drug-likeness (QED) is 0.801. The second kappa shape index (κ2) is 7.43. The van der Waals surface area contributed by atoms with E-state index in [9.17, 15) is 0 Å². The SMILES string of the molecule is CCc1nn(CC)c(CNCC(C)(C)CN(C)C)c1Cl. The molecule has 0 bridgehead atoms. The molecule has 0 atom stereocenters. The molecule has 1 aromatic heterocycles. The largest absolute Gasteiger partial charge is 0.311 e. The van der Waals surface area contributed by atoms with Crippen molar-refractivity contribution in [1.29, 1.82) is 0 Å². The number of aryl methyl sites for hydroxylation is 2. The van der Waals surface area contributed by atoms with Crippen molar-refractivity contribution in [3.05, 3.63) is 16.4 Å². The Balaban J connectivity index is 2.64. The molecular formula is C15H29ClN4. The standard InChI is InChI=1S/C15H29ClN4/c1-7-12-14(16)13(20(8-2)18-12)9-17-10-15(3,4)11-19(5)6/h17H,7-11H2,1-6H3. The fourth-order valence-electron chi connectivity index (χ4n) is 2.62. The predicted octanol–water partition coefficient (Wildman–Crippen LogP) is 2.80. The molecule has 0 aliphatic rings. The molecule has 4 nitrogen and oxygen atoms in total. The highest BCUT2D eigenvalue weighted by Gasteiger charge is 2.19. The average Bonchev–Trinajstić information content (AvgIpc) is 2.64. The fourth-order valence-corrected chi connectivity index (χ4v) is 2.95. The van der Waals surface area contributed by atoms with E-state index in [0.29, 0.717) is 0 Å². The lowest BCUT2D eigenvalue weighted by Crippen LogP contribution is -2.37. The fraction of sp³-hybridized carbons (Fsp3) is 0.800. The Morgan fingerprint density at radius 3 is 2.45 bits per heavy atom. The van der Waals surface area contributed by atoms with E-state index in [1.807, 2.05) is 4.68 Å². The lowest BCUT2D eigenvalue weighted by atomic mass is 9.93. The Hall–Kier alpha value is -0.580. The van der Waals surface area contributed by atoms with Crippen LogP contribution in [0.1, 0.15) is 39.1 Å². The Labute approximate surface area is 128 Å². The number of hydrogen-bond donors (Lipinski definition) is 1. The molecule has 0 aliphatic heterocycles. The van der Waals surface area contributed by atoms with Crippen molar-refractivity contribution in [2.24, 2.45) is 5.41 Å². The van der Waals surface area contributed by atoms with Crippen LogP contribution >= 0.6 is 11.6 Å². The van der Waals surface area contributed by atoms with E-state index in [1.54, 1.807) is 0 Å². The van der Waals surface area contributed by atoms with Gasteiger partial charge in [-0.3, -0.25) is 4.68 Å². The third-order valence-corrected chi connectivity index (χ3v) is 3.77. The first-order chi connectivity index (χ1) is 9.30. The summed E-state index contributed by atoms with van der Waals surface area (Å²) in [5, 5.41) is 8.90. The van der Waals surface area contributed by atoms with Crippen LogP contribution in [-0.4, -0.2) is 41.9 Å². The summed E-state index contributed by atoms with van der Waals surface area (Å²) in [6.07, 6.45) is 0.880. The third kappa shape index (κ3) is 4.76. The summed E-state index contributed by atoms with van der Waals surface area (Å²) in [4.78, 5) is 2.22. The highest BCUT2D eigenvalue weighted by Crippen LogP contribution is 2.22. The zero-order valence-electron chi connectivity index (χ0n) is 13.8. The van der Waals surface area contributed by atoms with Gasteiger partial charge in [-0.1, -0.05) is 32.4 Å². The van der Waals surface area contributed by atoms with Crippen molar-refractivity contribution in [3.63, 3.8) is 0 Å². The molecule has 0 spiro atoms. The first kappa shape index (κ1) is 17.5. The highest BCUT2D eigenvalue weighted by molar-refractivity contribution is 6.31. The summed E-state index contributed by atoms with van der Waals surface area (Å²) < 4.78 is 2.01. The predicted molar refractivity (Wildman–Crippen MR) is 86.3 cm³/mol. The summed E-state index contributed by atoms with van der Waals surface area (Å²) >= 11 is 6.41. The molecule has 1 aromatic rings. The van der Waals surface area contributed by atoms with Crippen LogP contribution in [-0.2, 0) is 19.5 Å². The maximum Gasteiger partial charge on any atom is 0.0863 e. The molecular weight excluding hydrogens is 272 g/mol. The highest BCUT2D eigenvalue weighted by atomic mass is 35.5. The molecule has 20 heavy (non-hydrogen) atoms. The molecule has 0 fully saturated rings. The number of hydrogen-bond acceptors (Lipinski definition) is 3. The Kier molecular flexibility index (Phi) is 6.49. The number of aromatic nitrogens is 2. The van der Waals surface area contributed by atoms with Gasteiger partial charge in [0.15, 0.2) is 0 Å². The molecule has 0 radical (unpaired) electrons. The van der Waals surface area contributed by atoms with Gasteiger partial charge in [-0.15, -0.1) is 0 Å². The summed E-state index contributed by atoms with van der Waals surface area (Å²) in [5.74, 6) is 0. The molecule has 1 heterocycles. The van der Waals surface area contributed by atoms with Crippen LogP contribution in [0.25, 0.3) is 0 Å². The minimum absolute atomic E-state index is 0.237. The Morgan fingerprint density at radius 1 is 1.30 bits per heavy atom. The second-order valence-corrected chi connectivity index (χ2v) is 6.76. The lowest BCUT2D eigenvalue weighted by molar-refractivity contribution is 0.231. The van der Waals surface area contributed by atoms with Gasteiger partial charge in [0.25, 0.3) is 0 Å². The number of nitrogens with zero attached hydrogens (tertiary/aromatic N) is 3. The monoisotopic (exact) mass is 300 g/mol. The second-order valence-electron chi connectivity index (χ2n) is 6.38. The van der Waals surface area contributed by atoms with E-state index >= 15 is 0 Å². The lowest BCUT2D eigenvalue weighted by Gasteiger charge is -2.28. The van der Waals surface area contributed by atoms with Gasteiger partial charge in [0, 0.05) is 26.2 Å². The van der Waals surface area contributed by atoms with Gasteiger partial charge >= 0.3 is 0 Å². The van der Waals surface area contributed by atoms with Crippen LogP contribution < -0.4 is 5.32 Å². The molecule has 0 amide bonds. The third-order valence-electron chi connectivity index (χ3n) is 3.33. The van der Waals surface area contributed by atoms with Gasteiger partial charge < -0.3 is 10.2 Å². The van der Waals surface area contributed by atoms with Crippen LogP contribution in [0.5, 0.6) is 0 Å². The van der Waals surface area contributed by atoms with Crippen LogP contribution in [0.2, 0.25) is 5.02 Å². The van der Waals surface area contributed by atoms with Gasteiger partial charge in [0.1, 0.15) is 0 Å². The summed E-state index contributed by atoms with van der Waals surface area (Å²) in [5.41, 5.74) is 2.34. The van der Waals surface area contributed by atoms with Crippen molar-refractivity contribution >= 4 is 11.6 Å². The molecule has 1 N–H and O–H groups in total. The van der Waals surface area contributed by atoms with E-state index in [4.69, 9.17) is 11.6 Å². The summed E-state index contributed by atoms with van der Waals surface area (Å²) in [6.45, 7) is 12.4. The van der Waals surface area contributed by atoms with Gasteiger partial charge in [-0.05, 0) is 32.9 Å². The van der Waals surface area contributed by atoms with E-state index in [1.165, 1.54) is 0 Å². The molecule has 5 heteroatoms. The Morgan fingerprint density at radius 2 is 1.95 bits per heavy atom. The van der Waals surface area contributed by atoms with E-state index in [0.717, 1.165) is 49.0 Å². The van der Waals surface area contributed by atoms with Gasteiger partial charge in [-0.2, -0.15) is 5.10 Å². The minimum Gasteiger partial charge on any atom is -0.311 e. The normalized spacial score (nSPS) is 12.4. The number of nitrogens with one attached hydrogen (secondary N) is 1. The first-order valence-electron chi connectivity index (χ1n) is 7.40. The number of rotatable bonds is 8. The van der Waals surface area contributed by atoms with Crippen molar-refractivity contribution in [2.45, 2.75) is 47.2 Å². The van der Waals surface area contributed by atoms with Crippen LogP contribution in [0, 0.1) is 5.41 Å².